The van der Waals surface area contributed by atoms with Crippen molar-refractivity contribution in [3.63, 3.8) is 0 Å². The van der Waals surface area contributed by atoms with E-state index in [0.29, 0.717) is 47.2 Å². The van der Waals surface area contributed by atoms with E-state index in [1.807, 2.05) is 84.9 Å². The molecule has 5 heterocycles. The number of hydrogen-bond acceptors (Lipinski definition) is 9. The van der Waals surface area contributed by atoms with Gasteiger partial charge in [-0.2, -0.15) is 0 Å². The second-order valence-electron chi connectivity index (χ2n) is 15.8. The van der Waals surface area contributed by atoms with Gasteiger partial charge in [-0.15, -0.1) is 0 Å². The molecule has 6 aromatic rings. The van der Waals surface area contributed by atoms with Crippen LogP contribution in [0, 0.1) is 5.92 Å². The summed E-state index contributed by atoms with van der Waals surface area (Å²) in [5, 5.41) is 32.1. The summed E-state index contributed by atoms with van der Waals surface area (Å²) in [7, 11) is 0. The third-order valence-electron chi connectivity index (χ3n) is 11.8. The van der Waals surface area contributed by atoms with Crippen LogP contribution in [-0.2, 0) is 9.68 Å². The Hall–Kier alpha value is -5.24. The van der Waals surface area contributed by atoms with Gasteiger partial charge in [-0.3, -0.25) is 4.90 Å². The monoisotopic (exact) mass is 947 g/mol. The zero-order chi connectivity index (χ0) is 41.0. The lowest BCUT2D eigenvalue weighted by atomic mass is 9.87. The minimum absolute atomic E-state index is 0. The molecule has 0 amide bonds. The number of aromatic amines is 2. The molecular formula is C48H51Br2N7O4. The van der Waals surface area contributed by atoms with Crippen LogP contribution in [0.4, 0.5) is 11.4 Å². The van der Waals surface area contributed by atoms with Crippen molar-refractivity contribution in [1.82, 2.24) is 14.9 Å². The molecule has 2 aromatic heterocycles. The third kappa shape index (κ3) is 9.19. The van der Waals surface area contributed by atoms with Crippen LogP contribution in [-0.4, -0.2) is 80.8 Å². The fourth-order valence-corrected chi connectivity index (χ4v) is 9.45. The van der Waals surface area contributed by atoms with Crippen LogP contribution >= 0.6 is 31.9 Å². The van der Waals surface area contributed by atoms with E-state index >= 15 is 0 Å². The van der Waals surface area contributed by atoms with Gasteiger partial charge in [0.25, 0.3) is 0 Å². The van der Waals surface area contributed by atoms with Crippen molar-refractivity contribution in [2.24, 2.45) is 26.2 Å². The number of nitrogens with zero attached hydrogens (tertiary/aromatic N) is 5. The van der Waals surface area contributed by atoms with Crippen molar-refractivity contribution in [2.75, 3.05) is 32.8 Å². The Kier molecular flexibility index (Phi) is 13.4. The quantitative estimate of drug-likeness (QED) is 0.0799. The molecule has 0 radical (unpaired) electrons. The van der Waals surface area contributed by atoms with Crippen molar-refractivity contribution >= 4 is 87.9 Å². The van der Waals surface area contributed by atoms with Crippen molar-refractivity contribution in [1.29, 1.82) is 0 Å². The minimum atomic E-state index is 0. The van der Waals surface area contributed by atoms with E-state index in [4.69, 9.17) is 19.7 Å². The van der Waals surface area contributed by atoms with E-state index in [0.717, 1.165) is 85.2 Å². The van der Waals surface area contributed by atoms with E-state index in [1.54, 1.807) is 0 Å². The van der Waals surface area contributed by atoms with Crippen molar-refractivity contribution < 1.29 is 19.9 Å². The summed E-state index contributed by atoms with van der Waals surface area (Å²) in [5.41, 5.74) is 9.07. The van der Waals surface area contributed by atoms with Crippen LogP contribution in [0.5, 0.6) is 11.8 Å². The molecule has 4 aromatic carbocycles. The maximum Gasteiger partial charge on any atom is 0.199 e. The number of nitrogens with one attached hydrogen (secondary N) is 2. The van der Waals surface area contributed by atoms with Crippen molar-refractivity contribution in [2.45, 2.75) is 65.2 Å². The smallest absolute Gasteiger partial charge is 0.199 e. The average Bonchev–Trinajstić information content (AvgIpc) is 4.00. The summed E-state index contributed by atoms with van der Waals surface area (Å²) in [6, 6.07) is 27.4. The highest BCUT2D eigenvalue weighted by Crippen LogP contribution is 2.38. The van der Waals surface area contributed by atoms with Gasteiger partial charge in [-0.05, 0) is 86.8 Å². The first-order chi connectivity index (χ1) is 29.4. The molecule has 0 spiro atoms. The summed E-state index contributed by atoms with van der Waals surface area (Å²) in [5.74, 6) is 0.915. The molecule has 0 atom stereocenters. The van der Waals surface area contributed by atoms with E-state index in [9.17, 15) is 10.2 Å². The maximum absolute atomic E-state index is 10.7. The SMILES string of the molecule is C.Oc1[nH]c2ccc(Br)cc2c1C1=Nc2ccccc2/C1=N\OCCC1CCCCC1.Oc1[nH]c2ccc(Br)cc2c1C1=Nc2ccccc2/C1=N\OCCN1CCCCC1. The molecule has 61 heavy (non-hydrogen) atoms. The zero-order valence-corrected chi connectivity index (χ0v) is 36.4. The van der Waals surface area contributed by atoms with Gasteiger partial charge >= 0.3 is 0 Å². The number of aromatic nitrogens is 2. The molecule has 1 saturated heterocycles. The van der Waals surface area contributed by atoms with E-state index in [1.165, 1.54) is 51.4 Å². The number of hydrogen-bond donors (Lipinski definition) is 4. The summed E-state index contributed by atoms with van der Waals surface area (Å²) < 4.78 is 1.87. The number of para-hydroxylation sites is 2. The molecule has 316 valence electrons. The molecule has 3 aliphatic heterocycles. The van der Waals surface area contributed by atoms with Crippen molar-refractivity contribution in [3.8, 4) is 11.8 Å². The summed E-state index contributed by atoms with van der Waals surface area (Å²) >= 11 is 7.05. The molecule has 0 bridgehead atoms. The first-order valence-corrected chi connectivity index (χ1v) is 22.5. The Balaban J connectivity index is 0.000000166. The van der Waals surface area contributed by atoms with Gasteiger partial charge in [0.05, 0.1) is 22.5 Å². The lowest BCUT2D eigenvalue weighted by Gasteiger charge is -2.25. The Morgan fingerprint density at radius 2 is 1.13 bits per heavy atom. The first-order valence-electron chi connectivity index (χ1n) is 20.9. The van der Waals surface area contributed by atoms with Crippen LogP contribution in [0.3, 0.4) is 0 Å². The molecule has 13 heteroatoms. The highest BCUT2D eigenvalue weighted by Gasteiger charge is 2.31. The Morgan fingerprint density at radius 3 is 1.67 bits per heavy atom. The Labute approximate surface area is 372 Å². The molecule has 11 nitrogen and oxygen atoms in total. The molecule has 10 rings (SSSR count). The molecular weight excluding hydrogens is 898 g/mol. The zero-order valence-electron chi connectivity index (χ0n) is 33.3. The largest absolute Gasteiger partial charge is 0.494 e. The number of halogens is 2. The Bertz CT molecular complexity index is 2470. The number of fused-ring (bicyclic) bond motifs is 4. The minimum Gasteiger partial charge on any atom is -0.494 e. The molecule has 1 saturated carbocycles. The van der Waals surface area contributed by atoms with Gasteiger partial charge in [0.1, 0.15) is 36.1 Å². The second kappa shape index (κ2) is 19.2. The van der Waals surface area contributed by atoms with Crippen LogP contribution in [0.15, 0.2) is 114 Å². The number of piperidine rings is 1. The lowest BCUT2D eigenvalue weighted by Crippen LogP contribution is -2.32. The second-order valence-corrected chi connectivity index (χ2v) is 17.6. The molecule has 0 unspecified atom stereocenters. The number of oxime groups is 2. The first kappa shape index (κ1) is 42.5. The topological polar surface area (TPSA) is 143 Å². The van der Waals surface area contributed by atoms with Crippen LogP contribution < -0.4 is 0 Å². The number of aromatic hydroxyl groups is 2. The molecule has 4 aliphatic rings. The highest BCUT2D eigenvalue weighted by atomic mass is 79.9. The predicted octanol–water partition coefficient (Wildman–Crippen LogP) is 12.1. The summed E-state index contributed by atoms with van der Waals surface area (Å²) in [4.78, 5) is 29.6. The number of benzene rings is 4. The van der Waals surface area contributed by atoms with E-state index in [2.05, 4.69) is 57.0 Å². The number of likely N-dealkylation sites (tertiary alicyclic amines) is 1. The molecule has 4 N–H and O–H groups in total. The summed E-state index contributed by atoms with van der Waals surface area (Å²) in [6.07, 6.45) is 11.5. The highest BCUT2D eigenvalue weighted by molar-refractivity contribution is 9.10. The fourth-order valence-electron chi connectivity index (χ4n) is 8.73. The molecule has 1 aliphatic carbocycles. The van der Waals surface area contributed by atoms with Crippen LogP contribution in [0.1, 0.15) is 87.5 Å². The number of rotatable bonds is 10. The normalized spacial score (nSPS) is 17.7. The van der Waals surface area contributed by atoms with Gasteiger partial charge in [0.15, 0.2) is 11.8 Å². The number of H-pyrrole nitrogens is 2. The summed E-state index contributed by atoms with van der Waals surface area (Å²) in [6.45, 7) is 4.27. The fraction of sp³-hybridized carbons (Fsp3) is 0.333. The van der Waals surface area contributed by atoms with Gasteiger partial charge in [-0.25, -0.2) is 9.98 Å². The number of aliphatic imine (C=N–C) groups is 2. The van der Waals surface area contributed by atoms with E-state index in [-0.39, 0.29) is 19.2 Å². The maximum atomic E-state index is 10.7. The third-order valence-corrected chi connectivity index (χ3v) is 12.8. The predicted molar refractivity (Wildman–Crippen MR) is 254 cm³/mol. The Morgan fingerprint density at radius 1 is 0.639 bits per heavy atom. The van der Waals surface area contributed by atoms with Crippen LogP contribution in [0.25, 0.3) is 21.8 Å². The average molecular weight is 950 g/mol. The molecule has 2 fully saturated rings. The van der Waals surface area contributed by atoms with Gasteiger partial charge in [0.2, 0.25) is 0 Å². The van der Waals surface area contributed by atoms with Gasteiger partial charge in [-0.1, -0.05) is 125 Å². The van der Waals surface area contributed by atoms with E-state index < -0.39 is 0 Å². The van der Waals surface area contributed by atoms with Gasteiger partial charge < -0.3 is 29.9 Å². The van der Waals surface area contributed by atoms with Crippen LogP contribution in [0.2, 0.25) is 0 Å². The standard InChI is InChI=1S/C24H24BrN3O2.C23H23BrN4O2.CH4/c25-16-10-11-20-18(14-16)21(24(29)27-20)23-22(17-8-4-5-9-19(17)26-23)28-30-13-12-15-6-2-1-3-7-15;24-15-8-9-19-17(14-15)20(23(29)26-19)22-21(16-6-2-3-7-18(16)25-22)27-30-13-12-28-10-4-1-5-11-28;/h4-5,8-11,14-15,27,29H,1-3,6-7,12-13H2;2-3,6-9,14,26,29H,1,4-5,10-13H2;1H4/b28-22+;27-21+;. The van der Waals surface area contributed by atoms with Crippen molar-refractivity contribution in [3.05, 3.63) is 116 Å². The van der Waals surface area contributed by atoms with Gasteiger partial charge in [0, 0.05) is 48.4 Å². The lowest BCUT2D eigenvalue weighted by molar-refractivity contribution is 0.103.